The van der Waals surface area contributed by atoms with Crippen molar-refractivity contribution in [1.29, 1.82) is 0 Å². The van der Waals surface area contributed by atoms with Crippen LogP contribution in [0.2, 0.25) is 0 Å². The minimum Gasteiger partial charge on any atom is -0.482 e. The van der Waals surface area contributed by atoms with Gasteiger partial charge in [-0.2, -0.15) is 0 Å². The first-order valence-corrected chi connectivity index (χ1v) is 12.1. The Balaban J connectivity index is 1.09. The van der Waals surface area contributed by atoms with Crippen LogP contribution in [0.4, 0.5) is 15.9 Å². The Hall–Kier alpha value is -2.69. The van der Waals surface area contributed by atoms with Crippen LogP contribution in [0.15, 0.2) is 35.2 Å². The monoisotopic (exact) mass is 471 g/mol. The fourth-order valence-corrected chi connectivity index (χ4v) is 5.13. The Morgan fingerprint density at radius 1 is 1.18 bits per heavy atom. The number of fused-ring (bicyclic) bond motifs is 2. The van der Waals surface area contributed by atoms with Crippen LogP contribution in [0.5, 0.6) is 5.75 Å². The van der Waals surface area contributed by atoms with E-state index in [-0.39, 0.29) is 24.2 Å². The number of halogens is 1. The van der Waals surface area contributed by atoms with Crippen LogP contribution in [0, 0.1) is 5.82 Å². The Labute approximate surface area is 195 Å². The van der Waals surface area contributed by atoms with E-state index in [2.05, 4.69) is 20.5 Å². The molecule has 0 unspecified atom stereocenters. The van der Waals surface area contributed by atoms with E-state index in [4.69, 9.17) is 4.74 Å². The molecule has 0 spiro atoms. The molecule has 5 rings (SSSR count). The molecule has 1 fully saturated rings. The summed E-state index contributed by atoms with van der Waals surface area (Å²) >= 11 is 1.51. The van der Waals surface area contributed by atoms with Crippen molar-refractivity contribution in [3.63, 3.8) is 0 Å². The molecule has 1 aromatic heterocycles. The number of thioether (sulfide) groups is 1. The second kappa shape index (κ2) is 9.66. The summed E-state index contributed by atoms with van der Waals surface area (Å²) in [6.45, 7) is 3.75. The highest BCUT2D eigenvalue weighted by Crippen LogP contribution is 2.32. The third-order valence-electron chi connectivity index (χ3n) is 6.20. The molecule has 10 heteroatoms. The van der Waals surface area contributed by atoms with Gasteiger partial charge in [-0.3, -0.25) is 9.59 Å². The van der Waals surface area contributed by atoms with E-state index < -0.39 is 0 Å². The minimum absolute atomic E-state index is 0.00937. The van der Waals surface area contributed by atoms with Gasteiger partial charge in [0.25, 0.3) is 5.91 Å². The number of aromatic nitrogens is 1. The van der Waals surface area contributed by atoms with Gasteiger partial charge in [0.2, 0.25) is 5.91 Å². The first-order chi connectivity index (χ1) is 16.0. The third-order valence-corrected chi connectivity index (χ3v) is 7.24. The summed E-state index contributed by atoms with van der Waals surface area (Å²) in [6.07, 6.45) is 2.00. The van der Waals surface area contributed by atoms with Crippen molar-refractivity contribution < 1.29 is 18.7 Å². The standard InChI is InChI=1S/C23H26FN5O3S/c24-15-1-3-19-18(11-15)29(22(31)13-32-19)10-9-28-7-5-16(6-8-28)25-12-17-2-4-20-23(26-17)27-21(30)14-33-20/h1-4,11,16,25H,5-10,12-14H2,(H,26,27,30). The van der Waals surface area contributed by atoms with E-state index in [9.17, 15) is 14.0 Å². The fourth-order valence-electron chi connectivity index (χ4n) is 4.37. The number of likely N-dealkylation sites (tertiary alicyclic amines) is 1. The Morgan fingerprint density at radius 2 is 2.03 bits per heavy atom. The number of hydrogen-bond donors (Lipinski definition) is 2. The van der Waals surface area contributed by atoms with E-state index in [1.54, 1.807) is 11.0 Å². The number of hydrogen-bond acceptors (Lipinski definition) is 7. The molecule has 0 radical (unpaired) electrons. The number of benzene rings is 1. The highest BCUT2D eigenvalue weighted by Gasteiger charge is 2.27. The number of nitrogens with one attached hydrogen (secondary N) is 2. The summed E-state index contributed by atoms with van der Waals surface area (Å²) in [5, 5.41) is 6.41. The van der Waals surface area contributed by atoms with E-state index in [1.807, 2.05) is 12.1 Å². The van der Waals surface area contributed by atoms with Gasteiger partial charge < -0.3 is 25.2 Å². The van der Waals surface area contributed by atoms with Gasteiger partial charge in [0, 0.05) is 31.7 Å². The normalized spacial score (nSPS) is 19.0. The molecule has 0 saturated carbocycles. The maximum atomic E-state index is 13.7. The molecule has 2 aromatic rings. The van der Waals surface area contributed by atoms with Gasteiger partial charge in [0.05, 0.1) is 22.0 Å². The lowest BCUT2D eigenvalue weighted by Gasteiger charge is -2.35. The van der Waals surface area contributed by atoms with Crippen LogP contribution in [0.25, 0.3) is 0 Å². The van der Waals surface area contributed by atoms with Crippen molar-refractivity contribution in [2.75, 3.05) is 48.8 Å². The van der Waals surface area contributed by atoms with Gasteiger partial charge in [0.15, 0.2) is 6.61 Å². The molecule has 33 heavy (non-hydrogen) atoms. The van der Waals surface area contributed by atoms with Crippen LogP contribution in [-0.4, -0.2) is 66.3 Å². The SMILES string of the molecule is O=C1CSc2ccc(CNC3CCN(CCN4C(=O)COc5ccc(F)cc54)CC3)nc2N1. The molecule has 4 heterocycles. The zero-order valence-corrected chi connectivity index (χ0v) is 19.0. The number of rotatable bonds is 6. The molecule has 1 saturated heterocycles. The number of carbonyl (C=O) groups is 2. The molecule has 8 nitrogen and oxygen atoms in total. The molecule has 0 aliphatic carbocycles. The number of pyridine rings is 1. The average molecular weight is 472 g/mol. The van der Waals surface area contributed by atoms with Crippen LogP contribution in [-0.2, 0) is 16.1 Å². The summed E-state index contributed by atoms with van der Waals surface area (Å²) in [5.41, 5.74) is 1.42. The number of piperidine rings is 1. The Bertz CT molecular complexity index is 1060. The summed E-state index contributed by atoms with van der Waals surface area (Å²) in [6, 6.07) is 8.70. The van der Waals surface area contributed by atoms with Gasteiger partial charge in [-0.05, 0) is 50.2 Å². The maximum absolute atomic E-state index is 13.7. The van der Waals surface area contributed by atoms with Gasteiger partial charge >= 0.3 is 0 Å². The van der Waals surface area contributed by atoms with Gasteiger partial charge in [-0.1, -0.05) is 0 Å². The number of ether oxygens (including phenoxy) is 1. The molecule has 0 bridgehead atoms. The molecule has 3 aliphatic rings. The number of carbonyl (C=O) groups excluding carboxylic acids is 2. The quantitative estimate of drug-likeness (QED) is 0.668. The van der Waals surface area contributed by atoms with Crippen molar-refractivity contribution in [3.05, 3.63) is 41.8 Å². The molecular formula is C23H26FN5O3S. The van der Waals surface area contributed by atoms with Gasteiger partial charge in [-0.25, -0.2) is 9.37 Å². The van der Waals surface area contributed by atoms with Crippen molar-refractivity contribution >= 4 is 35.1 Å². The fraction of sp³-hybridized carbons (Fsp3) is 0.435. The zero-order valence-electron chi connectivity index (χ0n) is 18.2. The number of amides is 2. The Morgan fingerprint density at radius 3 is 2.88 bits per heavy atom. The summed E-state index contributed by atoms with van der Waals surface area (Å²) in [7, 11) is 0. The largest absolute Gasteiger partial charge is 0.482 e. The molecule has 0 atom stereocenters. The van der Waals surface area contributed by atoms with Crippen LogP contribution in [0.3, 0.4) is 0 Å². The molecule has 3 aliphatic heterocycles. The lowest BCUT2D eigenvalue weighted by Crippen LogP contribution is -2.47. The predicted octanol–water partition coefficient (Wildman–Crippen LogP) is 2.24. The van der Waals surface area contributed by atoms with Gasteiger partial charge in [-0.15, -0.1) is 11.8 Å². The predicted molar refractivity (Wildman–Crippen MR) is 124 cm³/mol. The van der Waals surface area contributed by atoms with E-state index in [0.717, 1.165) is 43.1 Å². The smallest absolute Gasteiger partial charge is 0.265 e. The number of anilines is 2. The zero-order chi connectivity index (χ0) is 22.8. The lowest BCUT2D eigenvalue weighted by molar-refractivity contribution is -0.121. The number of nitrogens with zero attached hydrogens (tertiary/aromatic N) is 3. The second-order valence-corrected chi connectivity index (χ2v) is 9.45. The van der Waals surface area contributed by atoms with Crippen LogP contribution >= 0.6 is 11.8 Å². The molecule has 1 aromatic carbocycles. The first-order valence-electron chi connectivity index (χ1n) is 11.2. The van der Waals surface area contributed by atoms with Crippen molar-refractivity contribution in [2.24, 2.45) is 0 Å². The second-order valence-electron chi connectivity index (χ2n) is 8.43. The van der Waals surface area contributed by atoms with Crippen LogP contribution in [0.1, 0.15) is 18.5 Å². The third kappa shape index (κ3) is 5.13. The van der Waals surface area contributed by atoms with E-state index in [1.165, 1.54) is 23.9 Å². The van der Waals surface area contributed by atoms with Gasteiger partial charge in [0.1, 0.15) is 17.4 Å². The molecule has 2 N–H and O–H groups in total. The minimum atomic E-state index is -0.376. The van der Waals surface area contributed by atoms with E-state index >= 15 is 0 Å². The first kappa shape index (κ1) is 22.1. The summed E-state index contributed by atoms with van der Waals surface area (Å²) in [5.74, 6) is 1.12. The lowest BCUT2D eigenvalue weighted by atomic mass is 10.0. The highest BCUT2D eigenvalue weighted by molar-refractivity contribution is 8.00. The average Bonchev–Trinajstić information content (AvgIpc) is 2.82. The van der Waals surface area contributed by atoms with E-state index in [0.29, 0.717) is 42.1 Å². The van der Waals surface area contributed by atoms with Crippen molar-refractivity contribution in [1.82, 2.24) is 15.2 Å². The van der Waals surface area contributed by atoms with Crippen molar-refractivity contribution in [2.45, 2.75) is 30.3 Å². The van der Waals surface area contributed by atoms with Crippen LogP contribution < -0.4 is 20.3 Å². The molecular weight excluding hydrogens is 445 g/mol. The topological polar surface area (TPSA) is 86.8 Å². The molecule has 2 amide bonds. The Kier molecular flexibility index (Phi) is 6.48. The molecule has 174 valence electrons. The summed E-state index contributed by atoms with van der Waals surface area (Å²) in [4.78, 5) is 33.5. The highest BCUT2D eigenvalue weighted by atomic mass is 32.2. The summed E-state index contributed by atoms with van der Waals surface area (Å²) < 4.78 is 19.1. The maximum Gasteiger partial charge on any atom is 0.265 e. The van der Waals surface area contributed by atoms with Crippen molar-refractivity contribution in [3.8, 4) is 5.75 Å².